The minimum absolute atomic E-state index is 0.0978. The molecule has 100 valence electrons. The SMILES string of the molecule is OCCOCCNC1CCC2(CC1)OCCO2. The van der Waals surface area contributed by atoms with Crippen LogP contribution in [0.15, 0.2) is 0 Å². The van der Waals surface area contributed by atoms with E-state index in [4.69, 9.17) is 19.3 Å². The lowest BCUT2D eigenvalue weighted by Crippen LogP contribution is -2.42. The second-order valence-corrected chi connectivity index (χ2v) is 4.67. The number of hydrogen-bond acceptors (Lipinski definition) is 5. The van der Waals surface area contributed by atoms with Gasteiger partial charge in [-0.05, 0) is 12.8 Å². The average Bonchev–Trinajstić information content (AvgIpc) is 2.80. The molecule has 1 aliphatic carbocycles. The minimum atomic E-state index is -0.258. The molecule has 5 heteroatoms. The summed E-state index contributed by atoms with van der Waals surface area (Å²) in [4.78, 5) is 0. The molecule has 1 aliphatic heterocycles. The highest BCUT2D eigenvalue weighted by atomic mass is 16.7. The van der Waals surface area contributed by atoms with Crippen LogP contribution in [0, 0.1) is 0 Å². The normalized spacial score (nSPS) is 24.5. The summed E-state index contributed by atoms with van der Waals surface area (Å²) in [5.74, 6) is -0.258. The average molecular weight is 245 g/mol. The van der Waals surface area contributed by atoms with E-state index in [9.17, 15) is 0 Å². The molecule has 1 saturated heterocycles. The van der Waals surface area contributed by atoms with E-state index in [1.807, 2.05) is 0 Å². The third kappa shape index (κ3) is 3.89. The second kappa shape index (κ2) is 6.66. The molecule has 0 aromatic heterocycles. The van der Waals surface area contributed by atoms with Crippen molar-refractivity contribution in [2.45, 2.75) is 37.5 Å². The van der Waals surface area contributed by atoms with Gasteiger partial charge in [0, 0.05) is 25.4 Å². The van der Waals surface area contributed by atoms with Gasteiger partial charge >= 0.3 is 0 Å². The van der Waals surface area contributed by atoms with Crippen molar-refractivity contribution < 1.29 is 19.3 Å². The smallest absolute Gasteiger partial charge is 0.168 e. The predicted octanol–water partition coefficient (Wildman–Crippen LogP) is 0.271. The fraction of sp³-hybridized carbons (Fsp3) is 1.00. The Morgan fingerprint density at radius 1 is 1.18 bits per heavy atom. The number of hydrogen-bond donors (Lipinski definition) is 2. The molecule has 5 nitrogen and oxygen atoms in total. The molecule has 0 unspecified atom stereocenters. The molecular weight excluding hydrogens is 222 g/mol. The zero-order chi connectivity index (χ0) is 12.0. The lowest BCUT2D eigenvalue weighted by atomic mass is 9.90. The van der Waals surface area contributed by atoms with E-state index < -0.39 is 0 Å². The highest BCUT2D eigenvalue weighted by molar-refractivity contribution is 4.85. The first-order valence-electron chi connectivity index (χ1n) is 6.55. The molecule has 1 spiro atoms. The zero-order valence-electron chi connectivity index (χ0n) is 10.3. The van der Waals surface area contributed by atoms with Gasteiger partial charge in [-0.15, -0.1) is 0 Å². The lowest BCUT2D eigenvalue weighted by molar-refractivity contribution is -0.179. The Morgan fingerprint density at radius 2 is 1.88 bits per heavy atom. The lowest BCUT2D eigenvalue weighted by Gasteiger charge is -2.35. The highest BCUT2D eigenvalue weighted by Gasteiger charge is 2.39. The minimum Gasteiger partial charge on any atom is -0.394 e. The van der Waals surface area contributed by atoms with E-state index in [-0.39, 0.29) is 12.4 Å². The van der Waals surface area contributed by atoms with Gasteiger partial charge in [0.05, 0.1) is 33.0 Å². The van der Waals surface area contributed by atoms with Crippen molar-refractivity contribution in [3.8, 4) is 0 Å². The van der Waals surface area contributed by atoms with E-state index in [0.29, 0.717) is 19.3 Å². The van der Waals surface area contributed by atoms with Crippen LogP contribution in [0.5, 0.6) is 0 Å². The maximum absolute atomic E-state index is 8.56. The predicted molar refractivity (Wildman–Crippen MR) is 62.8 cm³/mol. The monoisotopic (exact) mass is 245 g/mol. The highest BCUT2D eigenvalue weighted by Crippen LogP contribution is 2.35. The van der Waals surface area contributed by atoms with Crippen LogP contribution in [-0.2, 0) is 14.2 Å². The topological polar surface area (TPSA) is 60.0 Å². The molecule has 2 aliphatic rings. The van der Waals surface area contributed by atoms with E-state index in [2.05, 4.69) is 5.32 Å². The fourth-order valence-corrected chi connectivity index (χ4v) is 2.55. The van der Waals surface area contributed by atoms with Gasteiger partial charge in [0.2, 0.25) is 0 Å². The van der Waals surface area contributed by atoms with Crippen LogP contribution in [0.2, 0.25) is 0 Å². The molecule has 2 fully saturated rings. The molecule has 0 aromatic rings. The van der Waals surface area contributed by atoms with Crippen LogP contribution in [0.25, 0.3) is 0 Å². The van der Waals surface area contributed by atoms with Crippen molar-refractivity contribution in [2.75, 3.05) is 39.6 Å². The van der Waals surface area contributed by atoms with Crippen LogP contribution >= 0.6 is 0 Å². The molecule has 0 aromatic carbocycles. The van der Waals surface area contributed by atoms with Crippen molar-refractivity contribution >= 4 is 0 Å². The Balaban J connectivity index is 1.56. The first-order valence-corrected chi connectivity index (χ1v) is 6.55. The third-order valence-corrected chi connectivity index (χ3v) is 3.48. The Bertz CT molecular complexity index is 209. The van der Waals surface area contributed by atoms with E-state index in [1.54, 1.807) is 0 Å². The molecule has 0 amide bonds. The molecule has 0 bridgehead atoms. The summed E-state index contributed by atoms with van der Waals surface area (Å²) in [7, 11) is 0. The van der Waals surface area contributed by atoms with E-state index in [1.165, 1.54) is 0 Å². The molecule has 1 heterocycles. The van der Waals surface area contributed by atoms with E-state index in [0.717, 1.165) is 45.4 Å². The van der Waals surface area contributed by atoms with Crippen molar-refractivity contribution in [3.05, 3.63) is 0 Å². The van der Waals surface area contributed by atoms with Crippen molar-refractivity contribution in [3.63, 3.8) is 0 Å². The maximum Gasteiger partial charge on any atom is 0.168 e. The number of aliphatic hydroxyl groups is 1. The Kier molecular flexibility index (Phi) is 5.18. The van der Waals surface area contributed by atoms with Gasteiger partial charge in [0.25, 0.3) is 0 Å². The van der Waals surface area contributed by atoms with Crippen molar-refractivity contribution in [1.29, 1.82) is 0 Å². The van der Waals surface area contributed by atoms with Crippen LogP contribution in [-0.4, -0.2) is 56.5 Å². The summed E-state index contributed by atoms with van der Waals surface area (Å²) in [6.07, 6.45) is 4.17. The quantitative estimate of drug-likeness (QED) is 0.658. The molecule has 2 N–H and O–H groups in total. The first kappa shape index (κ1) is 13.2. The van der Waals surface area contributed by atoms with Crippen molar-refractivity contribution in [1.82, 2.24) is 5.32 Å². The standard InChI is InChI=1S/C12H23NO4/c14-6-8-15-7-5-13-11-1-3-12(4-2-11)16-9-10-17-12/h11,13-14H,1-10H2. The van der Waals surface area contributed by atoms with Gasteiger partial charge in [-0.25, -0.2) is 0 Å². The number of nitrogens with one attached hydrogen (secondary N) is 1. The second-order valence-electron chi connectivity index (χ2n) is 4.67. The van der Waals surface area contributed by atoms with Crippen LogP contribution in [0.4, 0.5) is 0 Å². The summed E-state index contributed by atoms with van der Waals surface area (Å²) in [5, 5.41) is 12.0. The van der Waals surface area contributed by atoms with Gasteiger partial charge in [0.15, 0.2) is 5.79 Å². The summed E-state index contributed by atoms with van der Waals surface area (Å²) in [6, 6.07) is 0.547. The van der Waals surface area contributed by atoms with E-state index >= 15 is 0 Å². The zero-order valence-corrected chi connectivity index (χ0v) is 10.3. The van der Waals surface area contributed by atoms with Crippen LogP contribution < -0.4 is 5.32 Å². The Hall–Kier alpha value is -0.200. The summed E-state index contributed by atoms with van der Waals surface area (Å²) in [5.41, 5.74) is 0. The fourth-order valence-electron chi connectivity index (χ4n) is 2.55. The third-order valence-electron chi connectivity index (χ3n) is 3.48. The maximum atomic E-state index is 8.56. The molecule has 2 rings (SSSR count). The van der Waals surface area contributed by atoms with Gasteiger partial charge < -0.3 is 24.6 Å². The molecule has 0 atom stereocenters. The summed E-state index contributed by atoms with van der Waals surface area (Å²) in [6.45, 7) is 3.52. The van der Waals surface area contributed by atoms with Crippen LogP contribution in [0.1, 0.15) is 25.7 Å². The summed E-state index contributed by atoms with van der Waals surface area (Å²) >= 11 is 0. The molecule has 1 saturated carbocycles. The van der Waals surface area contributed by atoms with Gasteiger partial charge in [-0.1, -0.05) is 0 Å². The molecule has 0 radical (unpaired) electrons. The number of rotatable bonds is 6. The number of ether oxygens (including phenoxy) is 3. The molecular formula is C12H23NO4. The number of aliphatic hydroxyl groups excluding tert-OH is 1. The van der Waals surface area contributed by atoms with Gasteiger partial charge in [0.1, 0.15) is 0 Å². The largest absolute Gasteiger partial charge is 0.394 e. The van der Waals surface area contributed by atoms with Gasteiger partial charge in [-0.3, -0.25) is 0 Å². The van der Waals surface area contributed by atoms with Crippen molar-refractivity contribution in [2.24, 2.45) is 0 Å². The van der Waals surface area contributed by atoms with Gasteiger partial charge in [-0.2, -0.15) is 0 Å². The Labute approximate surface area is 102 Å². The first-order chi connectivity index (χ1) is 8.35. The van der Waals surface area contributed by atoms with Crippen LogP contribution in [0.3, 0.4) is 0 Å². The molecule has 17 heavy (non-hydrogen) atoms. The Morgan fingerprint density at radius 3 is 2.53 bits per heavy atom. The summed E-state index contributed by atoms with van der Waals surface area (Å²) < 4.78 is 16.6.